The number of fused-ring (bicyclic) bond motifs is 1. The first kappa shape index (κ1) is 21.6. The van der Waals surface area contributed by atoms with Crippen molar-refractivity contribution in [2.24, 2.45) is 10.2 Å². The van der Waals surface area contributed by atoms with Gasteiger partial charge in [0.25, 0.3) is 11.6 Å². The molecule has 2 aromatic carbocycles. The molecule has 0 bridgehead atoms. The van der Waals surface area contributed by atoms with E-state index in [0.717, 1.165) is 11.1 Å². The van der Waals surface area contributed by atoms with E-state index in [-0.39, 0.29) is 23.4 Å². The number of rotatable bonds is 4. The Balaban J connectivity index is 1.88. The van der Waals surface area contributed by atoms with Crippen LogP contribution in [0.4, 0.5) is 5.69 Å². The molecule has 1 atom stereocenters. The number of nitrogens with one attached hydrogen (secondary N) is 1. The molecule has 0 aliphatic carbocycles. The number of non-ortho nitro benzene ring substituents is 1. The van der Waals surface area contributed by atoms with Crippen molar-refractivity contribution >= 4 is 34.2 Å². The van der Waals surface area contributed by atoms with E-state index < -0.39 is 4.92 Å². The summed E-state index contributed by atoms with van der Waals surface area (Å²) in [7, 11) is 3.15. The number of amidine groups is 1. The van der Waals surface area contributed by atoms with Crippen molar-refractivity contribution in [3.8, 4) is 11.5 Å². The summed E-state index contributed by atoms with van der Waals surface area (Å²) in [5, 5.41) is 22.5. The van der Waals surface area contributed by atoms with Crippen molar-refractivity contribution in [2.45, 2.75) is 19.4 Å². The Hall–Kier alpha value is -3.60. The Morgan fingerprint density at radius 2 is 1.88 bits per heavy atom. The number of nitro benzene ring substituents is 1. The van der Waals surface area contributed by atoms with E-state index in [9.17, 15) is 14.9 Å². The second-order valence-corrected chi connectivity index (χ2v) is 8.18. The maximum absolute atomic E-state index is 11.6. The number of hydrogen-bond acceptors (Lipinski definition) is 9. The molecular formula is C21H21N5O5S. The summed E-state index contributed by atoms with van der Waals surface area (Å²) in [6.45, 7) is 2.02. The monoisotopic (exact) mass is 455 g/mol. The summed E-state index contributed by atoms with van der Waals surface area (Å²) in [4.78, 5) is 22.2. The molecule has 166 valence electrons. The molecule has 0 saturated carbocycles. The zero-order chi connectivity index (χ0) is 22.8. The van der Waals surface area contributed by atoms with Crippen LogP contribution in [0.1, 0.15) is 23.6 Å². The van der Waals surface area contributed by atoms with E-state index in [4.69, 9.17) is 14.6 Å². The number of benzene rings is 2. The lowest BCUT2D eigenvalue weighted by molar-refractivity contribution is -0.384. The fraction of sp³-hybridized carbons (Fsp3) is 0.286. The molecule has 0 spiro atoms. The van der Waals surface area contributed by atoms with Gasteiger partial charge in [-0.05, 0) is 43.2 Å². The second kappa shape index (κ2) is 8.87. The van der Waals surface area contributed by atoms with Gasteiger partial charge in [-0.25, -0.2) is 10.4 Å². The Bertz CT molecular complexity index is 1130. The SMILES string of the molecule is COc1cc2c(cc1OC)C(c1ccc([N+](=O)[O-])cc1)=NN(C1=NNC(=O)CS1)C(C)C2. The molecule has 32 heavy (non-hydrogen) atoms. The van der Waals surface area contributed by atoms with Gasteiger partial charge in [-0.1, -0.05) is 11.8 Å². The van der Waals surface area contributed by atoms with Gasteiger partial charge in [0.2, 0.25) is 5.17 Å². The molecule has 0 radical (unpaired) electrons. The van der Waals surface area contributed by atoms with Crippen molar-refractivity contribution in [3.05, 3.63) is 63.2 Å². The number of carbonyl (C=O) groups excluding carboxylic acids is 1. The van der Waals surface area contributed by atoms with E-state index in [1.807, 2.05) is 19.1 Å². The first-order valence-electron chi connectivity index (χ1n) is 9.78. The molecule has 1 N–H and O–H groups in total. The highest BCUT2D eigenvalue weighted by atomic mass is 32.2. The van der Waals surface area contributed by atoms with Crippen LogP contribution in [0.15, 0.2) is 46.6 Å². The molecule has 1 amide bonds. The van der Waals surface area contributed by atoms with Crippen LogP contribution < -0.4 is 14.9 Å². The van der Waals surface area contributed by atoms with E-state index in [0.29, 0.717) is 34.4 Å². The number of methoxy groups -OCH3 is 2. The standard InChI is InChI=1S/C21H21N5O5S/c1-12-8-14-9-17(30-2)18(31-3)10-16(14)20(13-4-6-15(7-5-13)26(28)29)24-25(12)21-23-22-19(27)11-32-21/h4-7,9-10,12H,8,11H2,1-3H3,(H,22,27). The summed E-state index contributed by atoms with van der Waals surface area (Å²) >= 11 is 1.31. The molecule has 4 rings (SSSR count). The molecule has 2 aliphatic rings. The van der Waals surface area contributed by atoms with Gasteiger partial charge in [-0.15, -0.1) is 5.10 Å². The molecule has 2 heterocycles. The summed E-state index contributed by atoms with van der Waals surface area (Å²) in [5.41, 5.74) is 5.63. The lowest BCUT2D eigenvalue weighted by Gasteiger charge is -2.27. The highest BCUT2D eigenvalue weighted by Crippen LogP contribution is 2.35. The molecule has 0 fully saturated rings. The minimum absolute atomic E-state index is 0.00402. The predicted octanol–water partition coefficient (Wildman–Crippen LogP) is 2.75. The minimum Gasteiger partial charge on any atom is -0.493 e. The van der Waals surface area contributed by atoms with Crippen LogP contribution in [-0.2, 0) is 11.2 Å². The summed E-state index contributed by atoms with van der Waals surface area (Å²) in [6, 6.07) is 9.94. The van der Waals surface area contributed by atoms with Crippen LogP contribution >= 0.6 is 11.8 Å². The van der Waals surface area contributed by atoms with E-state index in [1.54, 1.807) is 31.4 Å². The molecule has 2 aromatic rings. The molecule has 11 heteroatoms. The Labute approximate surface area is 188 Å². The van der Waals surface area contributed by atoms with Crippen LogP contribution in [0.25, 0.3) is 0 Å². The van der Waals surface area contributed by atoms with Gasteiger partial charge in [-0.2, -0.15) is 5.10 Å². The molecule has 2 aliphatic heterocycles. The van der Waals surface area contributed by atoms with Crippen molar-refractivity contribution in [1.29, 1.82) is 0 Å². The van der Waals surface area contributed by atoms with Gasteiger partial charge < -0.3 is 9.47 Å². The molecule has 0 saturated heterocycles. The lowest BCUT2D eigenvalue weighted by Crippen LogP contribution is -2.39. The zero-order valence-electron chi connectivity index (χ0n) is 17.7. The van der Waals surface area contributed by atoms with Gasteiger partial charge in [0.15, 0.2) is 11.5 Å². The highest BCUT2D eigenvalue weighted by Gasteiger charge is 2.30. The van der Waals surface area contributed by atoms with Gasteiger partial charge in [0.1, 0.15) is 0 Å². The van der Waals surface area contributed by atoms with Crippen molar-refractivity contribution in [2.75, 3.05) is 20.0 Å². The maximum Gasteiger partial charge on any atom is 0.269 e. The van der Waals surface area contributed by atoms with Crippen LogP contribution in [0, 0.1) is 10.1 Å². The van der Waals surface area contributed by atoms with Gasteiger partial charge in [0.05, 0.1) is 36.6 Å². The van der Waals surface area contributed by atoms with E-state index in [1.165, 1.54) is 23.9 Å². The molecule has 1 unspecified atom stereocenters. The lowest BCUT2D eigenvalue weighted by atomic mass is 9.94. The van der Waals surface area contributed by atoms with Crippen LogP contribution in [0.2, 0.25) is 0 Å². The van der Waals surface area contributed by atoms with Crippen molar-refractivity contribution < 1.29 is 19.2 Å². The third-order valence-electron chi connectivity index (χ3n) is 5.16. The first-order valence-corrected chi connectivity index (χ1v) is 10.8. The number of nitro groups is 1. The minimum atomic E-state index is -0.440. The number of nitrogens with zero attached hydrogens (tertiary/aromatic N) is 4. The normalized spacial score (nSPS) is 18.0. The average molecular weight is 455 g/mol. The fourth-order valence-electron chi connectivity index (χ4n) is 3.58. The summed E-state index contributed by atoms with van der Waals surface area (Å²) < 4.78 is 11.0. The Kier molecular flexibility index (Phi) is 5.99. The Morgan fingerprint density at radius 3 is 2.47 bits per heavy atom. The number of hydrogen-bond donors (Lipinski definition) is 1. The quantitative estimate of drug-likeness (QED) is 0.556. The highest BCUT2D eigenvalue weighted by molar-refractivity contribution is 8.14. The third-order valence-corrected chi connectivity index (χ3v) is 6.10. The molecule has 10 nitrogen and oxygen atoms in total. The van der Waals surface area contributed by atoms with Gasteiger partial charge in [-0.3, -0.25) is 14.9 Å². The Morgan fingerprint density at radius 1 is 1.19 bits per heavy atom. The van der Waals surface area contributed by atoms with Gasteiger partial charge in [0, 0.05) is 23.3 Å². The number of carbonyl (C=O) groups is 1. The number of thioether (sulfide) groups is 1. The van der Waals surface area contributed by atoms with Crippen molar-refractivity contribution in [1.82, 2.24) is 10.4 Å². The smallest absolute Gasteiger partial charge is 0.269 e. The summed E-state index contributed by atoms with van der Waals surface area (Å²) in [5.74, 6) is 1.24. The number of amides is 1. The maximum atomic E-state index is 11.6. The van der Waals surface area contributed by atoms with Crippen molar-refractivity contribution in [3.63, 3.8) is 0 Å². The topological polar surface area (TPSA) is 119 Å². The zero-order valence-corrected chi connectivity index (χ0v) is 18.5. The molecular weight excluding hydrogens is 434 g/mol. The van der Waals surface area contributed by atoms with Crippen LogP contribution in [0.3, 0.4) is 0 Å². The van der Waals surface area contributed by atoms with Crippen LogP contribution in [-0.4, -0.2) is 52.7 Å². The molecule has 0 aromatic heterocycles. The number of hydrazone groups is 2. The first-order chi connectivity index (χ1) is 15.4. The fourth-order valence-corrected chi connectivity index (χ4v) is 4.37. The largest absolute Gasteiger partial charge is 0.493 e. The predicted molar refractivity (Wildman–Crippen MR) is 121 cm³/mol. The van der Waals surface area contributed by atoms with Crippen LogP contribution in [0.5, 0.6) is 11.5 Å². The van der Waals surface area contributed by atoms with E-state index in [2.05, 4.69) is 10.5 Å². The van der Waals surface area contributed by atoms with Gasteiger partial charge >= 0.3 is 0 Å². The van der Waals surface area contributed by atoms with E-state index >= 15 is 0 Å². The second-order valence-electron chi connectivity index (χ2n) is 7.23. The third kappa shape index (κ3) is 4.11. The summed E-state index contributed by atoms with van der Waals surface area (Å²) in [6.07, 6.45) is 0.628. The average Bonchev–Trinajstić information content (AvgIpc) is 2.94. The number of ether oxygens (including phenoxy) is 2.